The summed E-state index contributed by atoms with van der Waals surface area (Å²) in [5.74, 6) is 0. The second-order valence-electron chi connectivity index (χ2n) is 3.32. The van der Waals surface area contributed by atoms with Crippen molar-refractivity contribution in [2.45, 2.75) is 19.4 Å². The number of hydrogen-bond acceptors (Lipinski definition) is 4. The standard InChI is InChI=1S/C10H11BrN2S2/c1-6-13-4-10(15-6)9(12)3-8-2-7(11)5-14-8/h2,4-5,9H,3,12H2,1H3. The van der Waals surface area contributed by atoms with E-state index in [0.717, 1.165) is 20.8 Å². The largest absolute Gasteiger partial charge is 0.323 e. The first-order valence-corrected chi connectivity index (χ1v) is 7.05. The number of halogens is 1. The summed E-state index contributed by atoms with van der Waals surface area (Å²) < 4.78 is 1.13. The summed E-state index contributed by atoms with van der Waals surface area (Å²) in [4.78, 5) is 6.69. The lowest BCUT2D eigenvalue weighted by molar-refractivity contribution is 0.743. The Bertz CT molecular complexity index is 450. The van der Waals surface area contributed by atoms with Crippen LogP contribution in [0, 0.1) is 6.92 Å². The summed E-state index contributed by atoms with van der Waals surface area (Å²) in [7, 11) is 0. The lowest BCUT2D eigenvalue weighted by Gasteiger charge is -2.06. The average Bonchev–Trinajstić information content (AvgIpc) is 2.75. The smallest absolute Gasteiger partial charge is 0.0897 e. The third-order valence-corrected chi connectivity index (χ3v) is 4.81. The Morgan fingerprint density at radius 2 is 2.40 bits per heavy atom. The van der Waals surface area contributed by atoms with Gasteiger partial charge in [-0.15, -0.1) is 22.7 Å². The van der Waals surface area contributed by atoms with Crippen molar-refractivity contribution >= 4 is 38.6 Å². The fraction of sp³-hybridized carbons (Fsp3) is 0.300. The Morgan fingerprint density at radius 3 is 2.93 bits per heavy atom. The van der Waals surface area contributed by atoms with Gasteiger partial charge in [0.15, 0.2) is 0 Å². The number of aromatic nitrogens is 1. The van der Waals surface area contributed by atoms with Crippen LogP contribution in [-0.4, -0.2) is 4.98 Å². The molecule has 0 fully saturated rings. The van der Waals surface area contributed by atoms with Crippen molar-refractivity contribution in [2.75, 3.05) is 0 Å². The molecule has 1 unspecified atom stereocenters. The van der Waals surface area contributed by atoms with Crippen LogP contribution in [0.2, 0.25) is 0 Å². The normalized spacial score (nSPS) is 13.0. The Kier molecular flexibility index (Phi) is 3.56. The molecule has 0 spiro atoms. The van der Waals surface area contributed by atoms with Crippen LogP contribution in [0.1, 0.15) is 20.8 Å². The van der Waals surface area contributed by atoms with E-state index in [2.05, 4.69) is 32.4 Å². The van der Waals surface area contributed by atoms with Crippen molar-refractivity contribution in [2.24, 2.45) is 5.73 Å². The van der Waals surface area contributed by atoms with E-state index in [0.29, 0.717) is 0 Å². The summed E-state index contributed by atoms with van der Waals surface area (Å²) in [6.07, 6.45) is 2.77. The number of thiazole rings is 1. The minimum absolute atomic E-state index is 0.0711. The van der Waals surface area contributed by atoms with Gasteiger partial charge in [0.2, 0.25) is 0 Å². The van der Waals surface area contributed by atoms with Gasteiger partial charge >= 0.3 is 0 Å². The van der Waals surface area contributed by atoms with E-state index >= 15 is 0 Å². The quantitative estimate of drug-likeness (QED) is 0.942. The van der Waals surface area contributed by atoms with Gasteiger partial charge in [0, 0.05) is 38.3 Å². The minimum Gasteiger partial charge on any atom is -0.323 e. The molecule has 5 heteroatoms. The molecule has 0 saturated heterocycles. The molecule has 0 radical (unpaired) electrons. The zero-order valence-electron chi connectivity index (χ0n) is 8.24. The molecule has 0 aromatic carbocycles. The lowest BCUT2D eigenvalue weighted by atomic mass is 10.2. The molecule has 0 amide bonds. The second kappa shape index (κ2) is 4.74. The van der Waals surface area contributed by atoms with Crippen LogP contribution in [0.15, 0.2) is 22.1 Å². The first-order chi connectivity index (χ1) is 7.15. The van der Waals surface area contributed by atoms with Crippen molar-refractivity contribution in [1.82, 2.24) is 4.98 Å². The van der Waals surface area contributed by atoms with Gasteiger partial charge in [-0.05, 0) is 28.9 Å². The predicted octanol–water partition coefficient (Wildman–Crippen LogP) is 3.52. The van der Waals surface area contributed by atoms with E-state index in [4.69, 9.17) is 5.73 Å². The third-order valence-electron chi connectivity index (χ3n) is 2.05. The van der Waals surface area contributed by atoms with E-state index in [1.54, 1.807) is 22.7 Å². The van der Waals surface area contributed by atoms with Crippen LogP contribution < -0.4 is 5.73 Å². The van der Waals surface area contributed by atoms with Gasteiger partial charge in [0.25, 0.3) is 0 Å². The molecular weight excluding hydrogens is 292 g/mol. The predicted molar refractivity (Wildman–Crippen MR) is 69.5 cm³/mol. The highest BCUT2D eigenvalue weighted by Gasteiger charge is 2.11. The summed E-state index contributed by atoms with van der Waals surface area (Å²) in [6, 6.07) is 2.19. The molecule has 2 heterocycles. The second-order valence-corrected chi connectivity index (χ2v) is 6.50. The van der Waals surface area contributed by atoms with Crippen LogP contribution >= 0.6 is 38.6 Å². The Labute approximate surface area is 105 Å². The molecule has 0 bridgehead atoms. The first kappa shape index (κ1) is 11.3. The molecule has 0 aliphatic rings. The van der Waals surface area contributed by atoms with E-state index < -0.39 is 0 Å². The van der Waals surface area contributed by atoms with Crippen molar-refractivity contribution in [1.29, 1.82) is 0 Å². The van der Waals surface area contributed by atoms with Crippen LogP contribution in [-0.2, 0) is 6.42 Å². The molecule has 2 aromatic rings. The van der Waals surface area contributed by atoms with Gasteiger partial charge in [-0.2, -0.15) is 0 Å². The molecule has 2 aromatic heterocycles. The summed E-state index contributed by atoms with van der Waals surface area (Å²) in [5, 5.41) is 3.16. The maximum Gasteiger partial charge on any atom is 0.0897 e. The molecule has 80 valence electrons. The monoisotopic (exact) mass is 302 g/mol. The lowest BCUT2D eigenvalue weighted by Crippen LogP contribution is -2.10. The maximum absolute atomic E-state index is 6.11. The number of nitrogens with two attached hydrogens (primary N) is 1. The highest BCUT2D eigenvalue weighted by molar-refractivity contribution is 9.10. The van der Waals surface area contributed by atoms with E-state index in [1.807, 2.05) is 13.1 Å². The van der Waals surface area contributed by atoms with Gasteiger partial charge in [-0.25, -0.2) is 4.98 Å². The number of thiophene rings is 1. The third kappa shape index (κ3) is 2.87. The Morgan fingerprint density at radius 1 is 1.60 bits per heavy atom. The fourth-order valence-corrected chi connectivity index (χ4v) is 3.63. The first-order valence-electron chi connectivity index (χ1n) is 4.56. The van der Waals surface area contributed by atoms with Crippen LogP contribution in [0.4, 0.5) is 0 Å². The van der Waals surface area contributed by atoms with Gasteiger partial charge < -0.3 is 5.73 Å². The minimum atomic E-state index is 0.0711. The van der Waals surface area contributed by atoms with Gasteiger partial charge in [-0.3, -0.25) is 0 Å². The van der Waals surface area contributed by atoms with Crippen molar-refractivity contribution in [3.63, 3.8) is 0 Å². The number of hydrogen-bond donors (Lipinski definition) is 1. The van der Waals surface area contributed by atoms with Gasteiger partial charge in [-0.1, -0.05) is 0 Å². The molecule has 2 rings (SSSR count). The SMILES string of the molecule is Cc1ncc(C(N)Cc2cc(Br)cs2)s1. The molecule has 0 saturated carbocycles. The number of nitrogens with zero attached hydrogens (tertiary/aromatic N) is 1. The maximum atomic E-state index is 6.11. The number of rotatable bonds is 3. The van der Waals surface area contributed by atoms with Crippen LogP contribution in [0.3, 0.4) is 0 Å². The van der Waals surface area contributed by atoms with Crippen LogP contribution in [0.5, 0.6) is 0 Å². The van der Waals surface area contributed by atoms with E-state index in [1.165, 1.54) is 4.88 Å². The molecule has 0 aliphatic carbocycles. The van der Waals surface area contributed by atoms with Gasteiger partial charge in [0.05, 0.1) is 5.01 Å². The number of aryl methyl sites for hydroxylation is 1. The summed E-state index contributed by atoms with van der Waals surface area (Å²) in [5.41, 5.74) is 6.11. The molecule has 1 atom stereocenters. The highest BCUT2D eigenvalue weighted by Crippen LogP contribution is 2.26. The summed E-state index contributed by atoms with van der Waals surface area (Å²) >= 11 is 6.86. The topological polar surface area (TPSA) is 38.9 Å². The van der Waals surface area contributed by atoms with Gasteiger partial charge in [0.1, 0.15) is 0 Å². The molecule has 15 heavy (non-hydrogen) atoms. The van der Waals surface area contributed by atoms with E-state index in [-0.39, 0.29) is 6.04 Å². The highest BCUT2D eigenvalue weighted by atomic mass is 79.9. The van der Waals surface area contributed by atoms with E-state index in [9.17, 15) is 0 Å². The van der Waals surface area contributed by atoms with Crippen molar-refractivity contribution in [3.8, 4) is 0 Å². The zero-order valence-corrected chi connectivity index (χ0v) is 11.5. The van der Waals surface area contributed by atoms with Crippen molar-refractivity contribution in [3.05, 3.63) is 36.9 Å². The Hall–Kier alpha value is -0.230. The molecule has 2 N–H and O–H groups in total. The fourth-order valence-electron chi connectivity index (χ4n) is 1.33. The van der Waals surface area contributed by atoms with Crippen molar-refractivity contribution < 1.29 is 0 Å². The van der Waals surface area contributed by atoms with Crippen LogP contribution in [0.25, 0.3) is 0 Å². The molecular formula is C10H11BrN2S2. The molecule has 2 nitrogen and oxygen atoms in total. The molecule has 0 aliphatic heterocycles. The zero-order chi connectivity index (χ0) is 10.8. The summed E-state index contributed by atoms with van der Waals surface area (Å²) in [6.45, 7) is 2.00. The average molecular weight is 303 g/mol. The Balaban J connectivity index is 2.06.